The zero-order valence-corrected chi connectivity index (χ0v) is 16.9. The number of amides is 4. The minimum Gasteiger partial charge on any atom is -0.496 e. The first-order valence-corrected chi connectivity index (χ1v) is 9.17. The highest BCUT2D eigenvalue weighted by molar-refractivity contribution is 6.35. The molecule has 0 fully saturated rings. The van der Waals surface area contributed by atoms with Crippen molar-refractivity contribution in [3.63, 3.8) is 0 Å². The Balaban J connectivity index is 1.91. The molecule has 0 spiro atoms. The minimum atomic E-state index is -1.06. The van der Waals surface area contributed by atoms with Gasteiger partial charge in [-0.1, -0.05) is 26.0 Å². The summed E-state index contributed by atoms with van der Waals surface area (Å²) in [5, 5.41) is 4.96. The average Bonchev–Trinajstić information content (AvgIpc) is 3.27. The van der Waals surface area contributed by atoms with Crippen molar-refractivity contribution in [2.45, 2.75) is 26.4 Å². The Bertz CT molecular complexity index is 894. The van der Waals surface area contributed by atoms with Crippen LogP contribution < -0.4 is 26.2 Å². The fourth-order valence-corrected chi connectivity index (χ4v) is 2.50. The number of ether oxygens (including phenoxy) is 1. The Morgan fingerprint density at radius 3 is 2.37 bits per heavy atom. The summed E-state index contributed by atoms with van der Waals surface area (Å²) in [7, 11) is 1.44. The number of methoxy groups -OCH3 is 1. The molecule has 2 aromatic rings. The Hall–Kier alpha value is -3.82. The maximum absolute atomic E-state index is 12.6. The van der Waals surface area contributed by atoms with E-state index >= 15 is 0 Å². The predicted octanol–water partition coefficient (Wildman–Crippen LogP) is 0.506. The van der Waals surface area contributed by atoms with Gasteiger partial charge in [0.2, 0.25) is 0 Å². The zero-order chi connectivity index (χ0) is 22.1. The molecule has 1 aromatic heterocycles. The highest BCUT2D eigenvalue weighted by Crippen LogP contribution is 2.17. The number of carbonyl (C=O) groups is 4. The molecule has 1 atom stereocenters. The molecule has 1 heterocycles. The van der Waals surface area contributed by atoms with Gasteiger partial charge in [0.05, 0.1) is 25.5 Å². The van der Waals surface area contributed by atoms with Gasteiger partial charge >= 0.3 is 11.8 Å². The van der Waals surface area contributed by atoms with Crippen molar-refractivity contribution in [1.82, 2.24) is 21.5 Å². The molecule has 1 aromatic carbocycles. The van der Waals surface area contributed by atoms with Crippen molar-refractivity contribution in [2.24, 2.45) is 5.92 Å². The molecule has 2 rings (SSSR count). The normalized spacial score (nSPS) is 11.3. The second-order valence-corrected chi connectivity index (χ2v) is 6.60. The van der Waals surface area contributed by atoms with Crippen LogP contribution in [0.25, 0.3) is 0 Å². The maximum atomic E-state index is 12.6. The fraction of sp³-hybridized carbons (Fsp3) is 0.300. The number of hydrogen-bond acceptors (Lipinski definition) is 6. The molecule has 160 valence electrons. The topological polar surface area (TPSA) is 139 Å². The van der Waals surface area contributed by atoms with E-state index in [1.165, 1.54) is 13.4 Å². The van der Waals surface area contributed by atoms with Crippen molar-refractivity contribution in [3.05, 3.63) is 54.0 Å². The molecule has 0 aliphatic rings. The van der Waals surface area contributed by atoms with E-state index in [0.717, 1.165) is 0 Å². The summed E-state index contributed by atoms with van der Waals surface area (Å²) in [6.45, 7) is 3.48. The van der Waals surface area contributed by atoms with Crippen LogP contribution in [-0.2, 0) is 20.9 Å². The van der Waals surface area contributed by atoms with Crippen LogP contribution in [0.1, 0.15) is 30.0 Å². The highest BCUT2D eigenvalue weighted by Gasteiger charge is 2.26. The van der Waals surface area contributed by atoms with Crippen LogP contribution >= 0.6 is 0 Å². The fourth-order valence-electron chi connectivity index (χ4n) is 2.50. The van der Waals surface area contributed by atoms with Crippen LogP contribution in [-0.4, -0.2) is 36.8 Å². The summed E-state index contributed by atoms with van der Waals surface area (Å²) < 4.78 is 10.2. The zero-order valence-electron chi connectivity index (χ0n) is 16.9. The van der Waals surface area contributed by atoms with Gasteiger partial charge in [0.1, 0.15) is 17.6 Å². The first-order valence-electron chi connectivity index (χ1n) is 9.17. The van der Waals surface area contributed by atoms with Gasteiger partial charge in [0.25, 0.3) is 11.8 Å². The first-order chi connectivity index (χ1) is 14.3. The Morgan fingerprint density at radius 1 is 1.00 bits per heavy atom. The number of benzene rings is 1. The third-order valence-electron chi connectivity index (χ3n) is 4.10. The number of furan rings is 1. The minimum absolute atomic E-state index is 0.0246. The van der Waals surface area contributed by atoms with E-state index in [4.69, 9.17) is 9.15 Å². The van der Waals surface area contributed by atoms with E-state index in [2.05, 4.69) is 16.1 Å². The van der Waals surface area contributed by atoms with Crippen LogP contribution in [0.5, 0.6) is 5.75 Å². The molecule has 0 aliphatic heterocycles. The summed E-state index contributed by atoms with van der Waals surface area (Å²) in [4.78, 5) is 48.7. The molecule has 0 radical (unpaired) electrons. The second kappa shape index (κ2) is 10.6. The van der Waals surface area contributed by atoms with Crippen molar-refractivity contribution in [3.8, 4) is 5.75 Å². The Morgan fingerprint density at radius 2 is 1.73 bits per heavy atom. The average molecular weight is 416 g/mol. The quantitative estimate of drug-likeness (QED) is 0.383. The van der Waals surface area contributed by atoms with Crippen LogP contribution in [0.4, 0.5) is 0 Å². The number of nitrogens with one attached hydrogen (secondary N) is 4. The van der Waals surface area contributed by atoms with E-state index in [9.17, 15) is 19.2 Å². The highest BCUT2D eigenvalue weighted by atomic mass is 16.5. The summed E-state index contributed by atoms with van der Waals surface area (Å²) in [5.74, 6) is -2.67. The molecule has 0 saturated carbocycles. The van der Waals surface area contributed by atoms with Gasteiger partial charge in [-0.15, -0.1) is 0 Å². The Kier molecular flexibility index (Phi) is 7.98. The number of rotatable bonds is 7. The van der Waals surface area contributed by atoms with Gasteiger partial charge in [0.15, 0.2) is 0 Å². The van der Waals surface area contributed by atoms with Gasteiger partial charge in [-0.2, -0.15) is 0 Å². The van der Waals surface area contributed by atoms with Crippen molar-refractivity contribution >= 4 is 23.6 Å². The molecule has 10 nitrogen and oxygen atoms in total. The standard InChI is InChI=1S/C20H24N4O6/c1-12(2)16(22-17(25)14-8-4-5-9-15(14)29-3)18(26)23-24-20(28)19(27)21-11-13-7-6-10-30-13/h4-10,12,16H,11H2,1-3H3,(H,21,27)(H,22,25)(H,23,26)(H,24,28)/t16-/m0/s1. The summed E-state index contributed by atoms with van der Waals surface area (Å²) in [5.41, 5.74) is 4.44. The predicted molar refractivity (Wildman–Crippen MR) is 106 cm³/mol. The monoisotopic (exact) mass is 416 g/mol. The lowest BCUT2D eigenvalue weighted by Crippen LogP contribution is -2.56. The molecule has 10 heteroatoms. The largest absolute Gasteiger partial charge is 0.496 e. The smallest absolute Gasteiger partial charge is 0.327 e. The summed E-state index contributed by atoms with van der Waals surface area (Å²) in [6, 6.07) is 8.90. The summed E-state index contributed by atoms with van der Waals surface area (Å²) in [6.07, 6.45) is 1.44. The van der Waals surface area contributed by atoms with E-state index in [1.54, 1.807) is 50.2 Å². The molecular formula is C20H24N4O6. The molecule has 0 aliphatic carbocycles. The lowest BCUT2D eigenvalue weighted by atomic mass is 10.0. The van der Waals surface area contributed by atoms with E-state index in [0.29, 0.717) is 11.5 Å². The van der Waals surface area contributed by atoms with Gasteiger partial charge in [-0.3, -0.25) is 30.0 Å². The van der Waals surface area contributed by atoms with Gasteiger partial charge in [-0.25, -0.2) is 0 Å². The van der Waals surface area contributed by atoms with Gasteiger partial charge < -0.3 is 19.8 Å². The van der Waals surface area contributed by atoms with Gasteiger partial charge in [0, 0.05) is 0 Å². The third-order valence-corrected chi connectivity index (χ3v) is 4.10. The number of hydrazine groups is 1. The van der Waals surface area contributed by atoms with Gasteiger partial charge in [-0.05, 0) is 30.2 Å². The molecule has 4 amide bonds. The molecule has 0 bridgehead atoms. The lowest BCUT2D eigenvalue weighted by molar-refractivity contribution is -0.141. The molecule has 4 N–H and O–H groups in total. The van der Waals surface area contributed by atoms with Crippen LogP contribution in [0.3, 0.4) is 0 Å². The number of carbonyl (C=O) groups excluding carboxylic acids is 4. The SMILES string of the molecule is COc1ccccc1C(=O)N[C@H](C(=O)NNC(=O)C(=O)NCc1ccco1)C(C)C. The van der Waals surface area contributed by atoms with Crippen LogP contribution in [0, 0.1) is 5.92 Å². The van der Waals surface area contributed by atoms with Crippen molar-refractivity contribution in [1.29, 1.82) is 0 Å². The summed E-state index contributed by atoms with van der Waals surface area (Å²) >= 11 is 0. The molecule has 0 saturated heterocycles. The molecular weight excluding hydrogens is 392 g/mol. The van der Waals surface area contributed by atoms with E-state index < -0.39 is 29.7 Å². The second-order valence-electron chi connectivity index (χ2n) is 6.60. The maximum Gasteiger partial charge on any atom is 0.327 e. The lowest BCUT2D eigenvalue weighted by Gasteiger charge is -2.22. The number of hydrogen-bond donors (Lipinski definition) is 4. The van der Waals surface area contributed by atoms with Crippen molar-refractivity contribution < 1.29 is 28.3 Å². The number of para-hydroxylation sites is 1. The first kappa shape index (κ1) is 22.5. The Labute approximate surface area is 173 Å². The van der Waals surface area contributed by atoms with E-state index in [1.807, 2.05) is 5.43 Å². The third kappa shape index (κ3) is 6.09. The van der Waals surface area contributed by atoms with Crippen LogP contribution in [0.2, 0.25) is 0 Å². The van der Waals surface area contributed by atoms with E-state index in [-0.39, 0.29) is 18.0 Å². The van der Waals surface area contributed by atoms with Crippen LogP contribution in [0.15, 0.2) is 47.1 Å². The molecule has 30 heavy (non-hydrogen) atoms. The van der Waals surface area contributed by atoms with Crippen molar-refractivity contribution in [2.75, 3.05) is 7.11 Å². The molecule has 0 unspecified atom stereocenters.